The first kappa shape index (κ1) is 21.8. The molecule has 1 aliphatic rings. The molecule has 0 amide bonds. The van der Waals surface area contributed by atoms with E-state index in [0.29, 0.717) is 0 Å². The Morgan fingerprint density at radius 3 is 2.11 bits per heavy atom. The fourth-order valence-corrected chi connectivity index (χ4v) is 2.84. The minimum absolute atomic E-state index is 0.105. The van der Waals surface area contributed by atoms with Crippen molar-refractivity contribution >= 4 is 17.9 Å². The maximum absolute atomic E-state index is 11.6. The van der Waals surface area contributed by atoms with Gasteiger partial charge < -0.3 is 28.8 Å². The van der Waals surface area contributed by atoms with E-state index in [4.69, 9.17) is 23.7 Å². The van der Waals surface area contributed by atoms with Gasteiger partial charge in [0.2, 0.25) is 0 Å². The van der Waals surface area contributed by atoms with Gasteiger partial charge in [-0.3, -0.25) is 14.4 Å². The molecule has 1 N–H and O–H groups in total. The van der Waals surface area contributed by atoms with Crippen LogP contribution in [0.15, 0.2) is 30.3 Å². The minimum atomic E-state index is -1.56. The van der Waals surface area contributed by atoms with Crippen molar-refractivity contribution in [3.05, 3.63) is 35.9 Å². The Labute approximate surface area is 162 Å². The summed E-state index contributed by atoms with van der Waals surface area (Å²) in [6.07, 6.45) is -5.92. The van der Waals surface area contributed by atoms with Gasteiger partial charge in [0.1, 0.15) is 18.8 Å². The molecule has 28 heavy (non-hydrogen) atoms. The monoisotopic (exact) mass is 396 g/mol. The number of aliphatic hydroxyl groups excluding tert-OH is 1. The number of hydrogen-bond donors (Lipinski definition) is 1. The van der Waals surface area contributed by atoms with Crippen molar-refractivity contribution in [3.63, 3.8) is 0 Å². The molecule has 9 nitrogen and oxygen atoms in total. The van der Waals surface area contributed by atoms with Crippen LogP contribution in [0.5, 0.6) is 0 Å². The quantitative estimate of drug-likeness (QED) is 0.525. The van der Waals surface area contributed by atoms with Crippen molar-refractivity contribution in [1.82, 2.24) is 0 Å². The van der Waals surface area contributed by atoms with Gasteiger partial charge in [0.25, 0.3) is 0 Å². The van der Waals surface area contributed by atoms with Gasteiger partial charge in [0, 0.05) is 20.8 Å². The van der Waals surface area contributed by atoms with Crippen LogP contribution in [0, 0.1) is 0 Å². The molecule has 1 heterocycles. The molecule has 1 unspecified atom stereocenters. The van der Waals surface area contributed by atoms with E-state index in [1.54, 1.807) is 0 Å². The normalized spacial score (nSPS) is 26.9. The molecule has 0 radical (unpaired) electrons. The summed E-state index contributed by atoms with van der Waals surface area (Å²) in [7, 11) is 0. The van der Waals surface area contributed by atoms with Crippen molar-refractivity contribution in [2.75, 3.05) is 6.61 Å². The molecule has 0 aliphatic carbocycles. The average molecular weight is 396 g/mol. The van der Waals surface area contributed by atoms with Crippen molar-refractivity contribution in [2.24, 2.45) is 0 Å². The van der Waals surface area contributed by atoms with E-state index in [1.165, 1.54) is 20.8 Å². The summed E-state index contributed by atoms with van der Waals surface area (Å²) in [6.45, 7) is 3.41. The first-order chi connectivity index (χ1) is 13.3. The molecule has 2 rings (SSSR count). The average Bonchev–Trinajstić information content (AvgIpc) is 2.62. The van der Waals surface area contributed by atoms with Crippen molar-refractivity contribution < 1.29 is 43.2 Å². The van der Waals surface area contributed by atoms with Gasteiger partial charge in [-0.05, 0) is 5.56 Å². The number of aliphatic hydroxyl groups is 1. The maximum Gasteiger partial charge on any atom is 0.303 e. The summed E-state index contributed by atoms with van der Waals surface area (Å²) in [5, 5.41) is 10.3. The van der Waals surface area contributed by atoms with Gasteiger partial charge >= 0.3 is 17.9 Å². The lowest BCUT2D eigenvalue weighted by molar-refractivity contribution is -0.302. The number of ether oxygens (including phenoxy) is 5. The van der Waals surface area contributed by atoms with E-state index in [2.05, 4.69) is 0 Å². The molecule has 1 aliphatic heterocycles. The lowest BCUT2D eigenvalue weighted by atomic mass is 9.98. The molecule has 0 aromatic heterocycles. The lowest BCUT2D eigenvalue weighted by Gasteiger charge is -2.43. The van der Waals surface area contributed by atoms with Gasteiger partial charge in [-0.15, -0.1) is 0 Å². The van der Waals surface area contributed by atoms with Crippen molar-refractivity contribution in [2.45, 2.75) is 58.1 Å². The fourth-order valence-electron chi connectivity index (χ4n) is 2.84. The largest absolute Gasteiger partial charge is 0.463 e. The van der Waals surface area contributed by atoms with Crippen LogP contribution in [0.2, 0.25) is 0 Å². The second kappa shape index (κ2) is 10.2. The zero-order valence-corrected chi connectivity index (χ0v) is 15.9. The standard InChI is InChI=1S/C19H24O9/c1-11(20)24-10-15-16(26-12(2)21)17(18(19(23)28-15)27-13(3)22)25-9-14-7-5-4-6-8-14/h4-8,15-19,23H,9-10H2,1-3H3/t15-,16+,17-,18+,19?/m0/s1. The molecule has 154 valence electrons. The number of rotatable bonds is 7. The van der Waals surface area contributed by atoms with Crippen LogP contribution in [0.4, 0.5) is 0 Å². The third-order valence-corrected chi connectivity index (χ3v) is 3.95. The fraction of sp³-hybridized carbons (Fsp3) is 0.526. The summed E-state index contributed by atoms with van der Waals surface area (Å²) >= 11 is 0. The summed E-state index contributed by atoms with van der Waals surface area (Å²) in [6, 6.07) is 9.16. The Bertz CT molecular complexity index is 675. The second-order valence-electron chi connectivity index (χ2n) is 6.28. The second-order valence-corrected chi connectivity index (χ2v) is 6.28. The number of hydrogen-bond acceptors (Lipinski definition) is 9. The highest BCUT2D eigenvalue weighted by Gasteiger charge is 2.50. The van der Waals surface area contributed by atoms with Crippen LogP contribution >= 0.6 is 0 Å². The third-order valence-electron chi connectivity index (χ3n) is 3.95. The summed E-state index contributed by atoms with van der Waals surface area (Å²) in [4.78, 5) is 34.2. The van der Waals surface area contributed by atoms with E-state index in [9.17, 15) is 19.5 Å². The van der Waals surface area contributed by atoms with Gasteiger partial charge in [-0.2, -0.15) is 0 Å². The number of benzene rings is 1. The highest BCUT2D eigenvalue weighted by molar-refractivity contribution is 5.67. The maximum atomic E-state index is 11.6. The third kappa shape index (κ3) is 6.29. The molecule has 5 atom stereocenters. The van der Waals surface area contributed by atoms with Crippen LogP contribution in [0.3, 0.4) is 0 Å². The number of carbonyl (C=O) groups excluding carboxylic acids is 3. The number of carbonyl (C=O) groups is 3. The first-order valence-electron chi connectivity index (χ1n) is 8.74. The first-order valence-corrected chi connectivity index (χ1v) is 8.74. The summed E-state index contributed by atoms with van der Waals surface area (Å²) in [5.41, 5.74) is 0.822. The van der Waals surface area contributed by atoms with Gasteiger partial charge in [-0.1, -0.05) is 30.3 Å². The molecule has 0 bridgehead atoms. The molecule has 0 saturated carbocycles. The summed E-state index contributed by atoms with van der Waals surface area (Å²) in [5.74, 6) is -1.86. The van der Waals surface area contributed by atoms with Crippen LogP contribution in [0.1, 0.15) is 26.3 Å². The van der Waals surface area contributed by atoms with E-state index in [0.717, 1.165) is 5.56 Å². The molecular formula is C19H24O9. The van der Waals surface area contributed by atoms with E-state index in [1.807, 2.05) is 30.3 Å². The van der Waals surface area contributed by atoms with Crippen molar-refractivity contribution in [3.8, 4) is 0 Å². The van der Waals surface area contributed by atoms with Crippen LogP contribution < -0.4 is 0 Å². The van der Waals surface area contributed by atoms with Gasteiger partial charge in [-0.25, -0.2) is 0 Å². The van der Waals surface area contributed by atoms with Gasteiger partial charge in [0.15, 0.2) is 18.5 Å². The van der Waals surface area contributed by atoms with Crippen LogP contribution in [0.25, 0.3) is 0 Å². The molecule has 9 heteroatoms. The Kier molecular flexibility index (Phi) is 7.91. The van der Waals surface area contributed by atoms with E-state index in [-0.39, 0.29) is 13.2 Å². The molecule has 0 spiro atoms. The Morgan fingerprint density at radius 2 is 1.54 bits per heavy atom. The lowest BCUT2D eigenvalue weighted by Crippen LogP contribution is -2.62. The molecular weight excluding hydrogens is 372 g/mol. The van der Waals surface area contributed by atoms with Crippen molar-refractivity contribution in [1.29, 1.82) is 0 Å². The molecule has 1 saturated heterocycles. The van der Waals surface area contributed by atoms with Crippen LogP contribution in [-0.4, -0.2) is 60.3 Å². The summed E-state index contributed by atoms with van der Waals surface area (Å²) < 4.78 is 26.7. The topological polar surface area (TPSA) is 118 Å². The molecule has 1 fully saturated rings. The van der Waals surface area contributed by atoms with Gasteiger partial charge in [0.05, 0.1) is 6.61 Å². The highest BCUT2D eigenvalue weighted by atomic mass is 16.7. The SMILES string of the molecule is CC(=O)OC[C@@H]1OC(O)[C@H](OC(C)=O)[C@@H](OCc2ccccc2)[C@@H]1OC(C)=O. The Hall–Kier alpha value is -2.49. The van der Waals surface area contributed by atoms with E-state index < -0.39 is 48.6 Å². The minimum Gasteiger partial charge on any atom is -0.463 e. The van der Waals surface area contributed by atoms with E-state index >= 15 is 0 Å². The highest BCUT2D eigenvalue weighted by Crippen LogP contribution is 2.28. The number of esters is 3. The zero-order valence-electron chi connectivity index (χ0n) is 15.9. The van der Waals surface area contributed by atoms with Crippen LogP contribution in [-0.2, 0) is 44.7 Å². The smallest absolute Gasteiger partial charge is 0.303 e. The predicted octanol–water partition coefficient (Wildman–Crippen LogP) is 0.715. The Balaban J connectivity index is 2.26. The predicted molar refractivity (Wildman–Crippen MR) is 93.6 cm³/mol. The molecule has 1 aromatic rings. The molecule has 1 aromatic carbocycles. The zero-order chi connectivity index (χ0) is 20.7. The Morgan fingerprint density at radius 1 is 0.929 bits per heavy atom.